The maximum Gasteiger partial charge on any atom is 0.223 e. The van der Waals surface area contributed by atoms with Crippen LogP contribution in [0.1, 0.15) is 51.9 Å². The third-order valence-corrected chi connectivity index (χ3v) is 6.29. The van der Waals surface area contributed by atoms with Crippen molar-refractivity contribution in [3.05, 3.63) is 0 Å². The molecule has 3 aliphatic rings. The Balaban J connectivity index is 1.49. The molecule has 0 aromatic heterocycles. The number of aliphatic hydroxyl groups excluding tert-OH is 1. The van der Waals surface area contributed by atoms with Crippen LogP contribution in [0.15, 0.2) is 0 Å². The lowest BCUT2D eigenvalue weighted by Crippen LogP contribution is -2.49. The Hall–Kier alpha value is -1.10. The molecule has 2 amide bonds. The molecule has 0 aromatic rings. The number of rotatable bonds is 5. The van der Waals surface area contributed by atoms with Gasteiger partial charge in [-0.2, -0.15) is 0 Å². The smallest absolute Gasteiger partial charge is 0.223 e. The molecule has 2 aliphatic carbocycles. The van der Waals surface area contributed by atoms with Crippen molar-refractivity contribution in [2.45, 2.75) is 57.9 Å². The lowest BCUT2D eigenvalue weighted by Gasteiger charge is -2.35. The molecule has 1 aliphatic heterocycles. The van der Waals surface area contributed by atoms with E-state index >= 15 is 0 Å². The summed E-state index contributed by atoms with van der Waals surface area (Å²) in [7, 11) is 0. The van der Waals surface area contributed by atoms with Crippen molar-refractivity contribution in [2.24, 2.45) is 23.7 Å². The van der Waals surface area contributed by atoms with Gasteiger partial charge in [0.25, 0.3) is 0 Å². The Kier molecular flexibility index (Phi) is 5.24. The summed E-state index contributed by atoms with van der Waals surface area (Å²) in [5, 5.41) is 12.9. The molecule has 3 fully saturated rings. The van der Waals surface area contributed by atoms with Crippen molar-refractivity contribution >= 4 is 11.8 Å². The van der Waals surface area contributed by atoms with Crippen LogP contribution in [0.2, 0.25) is 0 Å². The Morgan fingerprint density at radius 3 is 2.48 bits per heavy atom. The van der Waals surface area contributed by atoms with Crippen LogP contribution in [0.4, 0.5) is 0 Å². The van der Waals surface area contributed by atoms with Crippen LogP contribution >= 0.6 is 0 Å². The molecule has 0 aromatic carbocycles. The molecule has 3 rings (SSSR count). The Morgan fingerprint density at radius 2 is 1.83 bits per heavy atom. The number of likely N-dealkylation sites (tertiary alicyclic amines) is 1. The van der Waals surface area contributed by atoms with E-state index in [-0.39, 0.29) is 36.3 Å². The molecular weight excluding hydrogens is 292 g/mol. The zero-order valence-electron chi connectivity index (χ0n) is 14.2. The Morgan fingerprint density at radius 1 is 1.13 bits per heavy atom. The van der Waals surface area contributed by atoms with Gasteiger partial charge in [-0.1, -0.05) is 6.92 Å². The fourth-order valence-electron chi connectivity index (χ4n) is 4.94. The number of fused-ring (bicyclic) bond motifs is 2. The Bertz CT molecular complexity index is 446. The minimum atomic E-state index is 0.0270. The van der Waals surface area contributed by atoms with Crippen LogP contribution in [-0.4, -0.2) is 47.6 Å². The summed E-state index contributed by atoms with van der Waals surface area (Å²) >= 11 is 0. The van der Waals surface area contributed by atoms with E-state index in [9.17, 15) is 14.7 Å². The van der Waals surface area contributed by atoms with Crippen LogP contribution in [0.25, 0.3) is 0 Å². The van der Waals surface area contributed by atoms with Gasteiger partial charge in [-0.3, -0.25) is 9.59 Å². The minimum absolute atomic E-state index is 0.0270. The quantitative estimate of drug-likeness (QED) is 0.807. The van der Waals surface area contributed by atoms with Gasteiger partial charge in [0.05, 0.1) is 0 Å². The summed E-state index contributed by atoms with van der Waals surface area (Å²) < 4.78 is 0. The van der Waals surface area contributed by atoms with E-state index in [2.05, 4.69) is 5.32 Å². The number of piperidine rings is 1. The van der Waals surface area contributed by atoms with Gasteiger partial charge in [-0.05, 0) is 50.4 Å². The maximum atomic E-state index is 12.6. The first-order chi connectivity index (χ1) is 11.1. The van der Waals surface area contributed by atoms with Crippen LogP contribution in [0, 0.1) is 23.7 Å². The number of aliphatic hydroxyl groups is 1. The van der Waals surface area contributed by atoms with Crippen molar-refractivity contribution in [3.8, 4) is 0 Å². The SMILES string of the molecule is CCCC(=O)N1CCC(C(=O)NC2C3CCC(C3)C2CO)CC1. The number of amides is 2. The van der Waals surface area contributed by atoms with E-state index in [0.717, 1.165) is 19.3 Å². The summed E-state index contributed by atoms with van der Waals surface area (Å²) in [6.45, 7) is 3.62. The standard InChI is InChI=1S/C18H30N2O3/c1-2-3-16(22)20-8-6-12(7-9-20)18(23)19-17-14-5-4-13(10-14)15(17)11-21/h12-15,17,21H,2-11H2,1H3,(H,19,23). The highest BCUT2D eigenvalue weighted by Crippen LogP contribution is 2.48. The lowest BCUT2D eigenvalue weighted by molar-refractivity contribution is -0.136. The average molecular weight is 322 g/mol. The zero-order chi connectivity index (χ0) is 16.4. The molecule has 0 radical (unpaired) electrons. The summed E-state index contributed by atoms with van der Waals surface area (Å²) in [6.07, 6.45) is 6.60. The lowest BCUT2D eigenvalue weighted by atomic mass is 9.84. The topological polar surface area (TPSA) is 69.6 Å². The van der Waals surface area contributed by atoms with Crippen LogP contribution in [0.3, 0.4) is 0 Å². The van der Waals surface area contributed by atoms with Gasteiger partial charge in [0.2, 0.25) is 11.8 Å². The highest BCUT2D eigenvalue weighted by Gasteiger charge is 2.48. The maximum absolute atomic E-state index is 12.6. The highest BCUT2D eigenvalue weighted by molar-refractivity contribution is 5.80. The van der Waals surface area contributed by atoms with Gasteiger partial charge < -0.3 is 15.3 Å². The fraction of sp³-hybridized carbons (Fsp3) is 0.889. The minimum Gasteiger partial charge on any atom is -0.396 e. The molecule has 2 N–H and O–H groups in total. The molecule has 130 valence electrons. The van der Waals surface area contributed by atoms with Crippen LogP contribution in [0.5, 0.6) is 0 Å². The van der Waals surface area contributed by atoms with Crippen molar-refractivity contribution in [1.82, 2.24) is 10.2 Å². The fourth-order valence-corrected chi connectivity index (χ4v) is 4.94. The second-order valence-electron chi connectivity index (χ2n) is 7.62. The number of hydrogen-bond acceptors (Lipinski definition) is 3. The second kappa shape index (κ2) is 7.20. The molecule has 23 heavy (non-hydrogen) atoms. The molecule has 1 saturated heterocycles. The molecule has 5 nitrogen and oxygen atoms in total. The van der Waals surface area contributed by atoms with Gasteiger partial charge in [-0.25, -0.2) is 0 Å². The first kappa shape index (κ1) is 16.7. The summed E-state index contributed by atoms with van der Waals surface area (Å²) in [5.74, 6) is 1.81. The van der Waals surface area contributed by atoms with E-state index < -0.39 is 0 Å². The molecule has 4 unspecified atom stereocenters. The number of nitrogens with one attached hydrogen (secondary N) is 1. The molecule has 4 atom stereocenters. The third-order valence-electron chi connectivity index (χ3n) is 6.29. The van der Waals surface area contributed by atoms with Crippen molar-refractivity contribution in [3.63, 3.8) is 0 Å². The number of hydrogen-bond donors (Lipinski definition) is 2. The van der Waals surface area contributed by atoms with Gasteiger partial charge in [0.1, 0.15) is 0 Å². The number of carbonyl (C=O) groups is 2. The third kappa shape index (κ3) is 3.39. The van der Waals surface area contributed by atoms with E-state index in [1.165, 1.54) is 19.3 Å². The molecule has 1 heterocycles. The predicted octanol–water partition coefficient (Wildman–Crippen LogP) is 1.55. The van der Waals surface area contributed by atoms with Crippen LogP contribution < -0.4 is 5.32 Å². The second-order valence-corrected chi connectivity index (χ2v) is 7.62. The highest BCUT2D eigenvalue weighted by atomic mass is 16.3. The zero-order valence-corrected chi connectivity index (χ0v) is 14.2. The van der Waals surface area contributed by atoms with Crippen molar-refractivity contribution in [2.75, 3.05) is 19.7 Å². The molecular formula is C18H30N2O3. The van der Waals surface area contributed by atoms with E-state index in [0.29, 0.717) is 31.3 Å². The molecule has 5 heteroatoms. The largest absolute Gasteiger partial charge is 0.396 e. The first-order valence-corrected chi connectivity index (χ1v) is 9.33. The summed E-state index contributed by atoms with van der Waals surface area (Å²) in [4.78, 5) is 26.4. The monoisotopic (exact) mass is 322 g/mol. The molecule has 0 spiro atoms. The molecule has 2 bridgehead atoms. The number of carbonyl (C=O) groups excluding carboxylic acids is 2. The van der Waals surface area contributed by atoms with E-state index in [4.69, 9.17) is 0 Å². The van der Waals surface area contributed by atoms with E-state index in [1.807, 2.05) is 11.8 Å². The molecule has 2 saturated carbocycles. The van der Waals surface area contributed by atoms with Gasteiger partial charge >= 0.3 is 0 Å². The van der Waals surface area contributed by atoms with Gasteiger partial charge in [-0.15, -0.1) is 0 Å². The Labute approximate surface area is 138 Å². The summed E-state index contributed by atoms with van der Waals surface area (Å²) in [5.41, 5.74) is 0. The van der Waals surface area contributed by atoms with Gasteiger partial charge in [0, 0.05) is 44.0 Å². The van der Waals surface area contributed by atoms with Crippen molar-refractivity contribution in [1.29, 1.82) is 0 Å². The summed E-state index contributed by atoms with van der Waals surface area (Å²) in [6, 6.07) is 0.172. The van der Waals surface area contributed by atoms with Crippen LogP contribution in [-0.2, 0) is 9.59 Å². The predicted molar refractivity (Wildman–Crippen MR) is 87.5 cm³/mol. The number of nitrogens with zero attached hydrogens (tertiary/aromatic N) is 1. The van der Waals surface area contributed by atoms with Gasteiger partial charge in [0.15, 0.2) is 0 Å². The first-order valence-electron chi connectivity index (χ1n) is 9.33. The average Bonchev–Trinajstić information content (AvgIpc) is 3.16. The van der Waals surface area contributed by atoms with E-state index in [1.54, 1.807) is 0 Å². The van der Waals surface area contributed by atoms with Crippen molar-refractivity contribution < 1.29 is 14.7 Å². The normalized spacial score (nSPS) is 33.9.